The Bertz CT molecular complexity index is 1470. The Kier molecular flexibility index (Phi) is 11.3. The normalized spacial score (nSPS) is 13.6. The Hall–Kier alpha value is -3.67. The molecule has 12 nitrogen and oxygen atoms in total. The van der Waals surface area contributed by atoms with E-state index in [1.807, 2.05) is 0 Å². The number of halogens is 3. The summed E-state index contributed by atoms with van der Waals surface area (Å²) in [6.07, 6.45) is -3.35. The molecule has 0 radical (unpaired) electrons. The van der Waals surface area contributed by atoms with Crippen LogP contribution in [0.15, 0.2) is 60.8 Å². The zero-order valence-corrected chi connectivity index (χ0v) is 23.3. The van der Waals surface area contributed by atoms with Crippen molar-refractivity contribution in [1.29, 1.82) is 0 Å². The number of hydrazine groups is 1. The number of aromatic nitrogens is 1. The number of para-hydroxylation sites is 1. The molecule has 0 aliphatic carbocycles. The fourth-order valence-corrected chi connectivity index (χ4v) is 5.26. The van der Waals surface area contributed by atoms with Crippen LogP contribution in [0.25, 0.3) is 10.9 Å². The van der Waals surface area contributed by atoms with Crippen LogP contribution in [0.1, 0.15) is 11.1 Å². The number of hydrogen-bond donors (Lipinski definition) is 6. The number of carbonyl (C=O) groups is 2. The number of amides is 2. The number of carbonyl (C=O) groups excluding carboxylic acids is 2. The summed E-state index contributed by atoms with van der Waals surface area (Å²) >= 11 is 0. The first-order valence-corrected chi connectivity index (χ1v) is 14.5. The second kappa shape index (κ2) is 14.5. The van der Waals surface area contributed by atoms with Gasteiger partial charge >= 0.3 is 6.18 Å². The van der Waals surface area contributed by atoms with E-state index in [1.165, 1.54) is 23.3 Å². The molecule has 0 bridgehead atoms. The zero-order chi connectivity index (χ0) is 30.9. The van der Waals surface area contributed by atoms with Crippen molar-refractivity contribution in [2.75, 3.05) is 37.2 Å². The van der Waals surface area contributed by atoms with E-state index in [1.54, 1.807) is 30.3 Å². The van der Waals surface area contributed by atoms with Crippen molar-refractivity contribution in [1.82, 2.24) is 20.1 Å². The minimum Gasteiger partial charge on any atom is -0.343 e. The summed E-state index contributed by atoms with van der Waals surface area (Å²) in [6, 6.07) is 9.99. The third-order valence-electron chi connectivity index (χ3n) is 6.01. The van der Waals surface area contributed by atoms with Crippen LogP contribution in [0.3, 0.4) is 0 Å². The highest BCUT2D eigenvalue weighted by atomic mass is 32.2. The van der Waals surface area contributed by atoms with Crippen molar-refractivity contribution < 1.29 is 31.2 Å². The van der Waals surface area contributed by atoms with Crippen LogP contribution in [0.2, 0.25) is 0 Å². The van der Waals surface area contributed by atoms with Gasteiger partial charge in [0.05, 0.1) is 34.8 Å². The summed E-state index contributed by atoms with van der Waals surface area (Å²) < 4.78 is 64.3. The first-order chi connectivity index (χ1) is 19.8. The van der Waals surface area contributed by atoms with Gasteiger partial charge in [-0.3, -0.25) is 14.6 Å². The number of rotatable bonds is 14. The van der Waals surface area contributed by atoms with Crippen molar-refractivity contribution in [3.8, 4) is 0 Å². The van der Waals surface area contributed by atoms with Gasteiger partial charge in [-0.05, 0) is 29.8 Å². The van der Waals surface area contributed by atoms with E-state index >= 15 is 0 Å². The van der Waals surface area contributed by atoms with Crippen LogP contribution in [0.4, 0.5) is 18.9 Å². The highest BCUT2D eigenvalue weighted by Gasteiger charge is 2.31. The van der Waals surface area contributed by atoms with E-state index in [9.17, 15) is 31.2 Å². The molecule has 42 heavy (non-hydrogen) atoms. The molecule has 2 aromatic carbocycles. The lowest BCUT2D eigenvalue weighted by Crippen LogP contribution is -2.55. The van der Waals surface area contributed by atoms with Gasteiger partial charge < -0.3 is 27.8 Å². The summed E-state index contributed by atoms with van der Waals surface area (Å²) in [7, 11) is -4.11. The molecular formula is C26H33F3N8O4S. The Labute approximate surface area is 240 Å². The van der Waals surface area contributed by atoms with Crippen molar-refractivity contribution in [2.24, 2.45) is 17.2 Å². The van der Waals surface area contributed by atoms with Crippen LogP contribution in [-0.4, -0.2) is 74.2 Å². The first-order valence-electron chi connectivity index (χ1n) is 12.8. The van der Waals surface area contributed by atoms with Gasteiger partial charge in [0.25, 0.3) is 0 Å². The second-order valence-corrected chi connectivity index (χ2v) is 11.2. The fraction of sp³-hybridized carbons (Fsp3) is 0.346. The monoisotopic (exact) mass is 610 g/mol. The lowest BCUT2D eigenvalue weighted by atomic mass is 10.0. The molecule has 0 saturated heterocycles. The molecule has 2 amide bonds. The van der Waals surface area contributed by atoms with Gasteiger partial charge in [-0.1, -0.05) is 30.3 Å². The summed E-state index contributed by atoms with van der Waals surface area (Å²) in [6.45, 7) is 0.610. The standard InChI is InChI=1S/C26H33F3N8O4S/c27-26(28,29)19-7-5-17(6-8-19)13-23(25(39)34-20-14-18-3-1-2-4-22(18)33-15-20)35-24(38)21(32)16-42(40,41)36-37(11-9-30)12-10-31/h1-8,14-15,21,23,36H,9-13,16,30-32H2,(H,34,39)(H,35,38). The van der Waals surface area contributed by atoms with Gasteiger partial charge in [0, 0.05) is 38.0 Å². The van der Waals surface area contributed by atoms with Gasteiger partial charge in [0.1, 0.15) is 6.04 Å². The minimum absolute atomic E-state index is 0.141. The quantitative estimate of drug-likeness (QED) is 0.139. The molecule has 0 aliphatic heterocycles. The number of fused-ring (bicyclic) bond motifs is 1. The molecule has 228 valence electrons. The molecule has 3 rings (SSSR count). The fourth-order valence-electron chi connectivity index (χ4n) is 3.98. The molecule has 1 heterocycles. The van der Waals surface area contributed by atoms with Crippen LogP contribution in [0, 0.1) is 0 Å². The Balaban J connectivity index is 1.78. The van der Waals surface area contributed by atoms with E-state index in [0.29, 0.717) is 16.8 Å². The largest absolute Gasteiger partial charge is 0.416 e. The SMILES string of the molecule is NCCN(CCN)NS(=O)(=O)CC(N)C(=O)NC(Cc1ccc(C(F)(F)F)cc1)C(=O)Nc1cnc2ccccc2c1. The van der Waals surface area contributed by atoms with Crippen molar-refractivity contribution in [2.45, 2.75) is 24.7 Å². The molecule has 0 aliphatic rings. The van der Waals surface area contributed by atoms with E-state index in [4.69, 9.17) is 17.2 Å². The topological polar surface area (TPSA) is 199 Å². The van der Waals surface area contributed by atoms with Crippen LogP contribution in [-0.2, 0) is 32.2 Å². The van der Waals surface area contributed by atoms with Gasteiger partial charge in [-0.2, -0.15) is 13.2 Å². The number of alkyl halides is 3. The molecule has 2 unspecified atom stereocenters. The van der Waals surface area contributed by atoms with E-state index in [-0.39, 0.29) is 32.6 Å². The highest BCUT2D eigenvalue weighted by Crippen LogP contribution is 2.29. The molecule has 0 spiro atoms. The number of benzene rings is 2. The number of pyridine rings is 1. The zero-order valence-electron chi connectivity index (χ0n) is 22.5. The smallest absolute Gasteiger partial charge is 0.343 e. The van der Waals surface area contributed by atoms with Crippen LogP contribution >= 0.6 is 0 Å². The van der Waals surface area contributed by atoms with E-state index in [2.05, 4.69) is 20.4 Å². The maximum Gasteiger partial charge on any atom is 0.416 e. The molecule has 3 aromatic rings. The molecule has 2 atom stereocenters. The number of hydrogen-bond acceptors (Lipinski definition) is 9. The third kappa shape index (κ3) is 9.71. The molecule has 0 fully saturated rings. The number of nitrogens with two attached hydrogens (primary N) is 3. The number of nitrogens with one attached hydrogen (secondary N) is 3. The predicted molar refractivity (Wildman–Crippen MR) is 152 cm³/mol. The second-order valence-electron chi connectivity index (χ2n) is 9.41. The van der Waals surface area contributed by atoms with Crippen LogP contribution < -0.4 is 32.7 Å². The van der Waals surface area contributed by atoms with Crippen molar-refractivity contribution in [3.63, 3.8) is 0 Å². The Morgan fingerprint density at radius 1 is 0.976 bits per heavy atom. The number of nitrogens with zero attached hydrogens (tertiary/aromatic N) is 2. The lowest BCUT2D eigenvalue weighted by molar-refractivity contribution is -0.137. The summed E-state index contributed by atoms with van der Waals surface area (Å²) in [5.74, 6) is -2.51. The average Bonchev–Trinajstić information content (AvgIpc) is 2.92. The van der Waals surface area contributed by atoms with Crippen molar-refractivity contribution in [3.05, 3.63) is 71.9 Å². The molecule has 9 N–H and O–H groups in total. The third-order valence-corrected chi connectivity index (χ3v) is 7.35. The predicted octanol–water partition coefficient (Wildman–Crippen LogP) is 0.301. The Morgan fingerprint density at radius 2 is 1.62 bits per heavy atom. The molecule has 0 saturated carbocycles. The summed E-state index contributed by atoms with van der Waals surface area (Å²) in [4.78, 5) is 32.8. The average molecular weight is 611 g/mol. The van der Waals surface area contributed by atoms with Gasteiger partial charge in [0.15, 0.2) is 0 Å². The van der Waals surface area contributed by atoms with E-state index in [0.717, 1.165) is 17.5 Å². The highest BCUT2D eigenvalue weighted by molar-refractivity contribution is 7.89. The maximum absolute atomic E-state index is 13.3. The molecule has 1 aromatic heterocycles. The Morgan fingerprint density at radius 3 is 2.24 bits per heavy atom. The van der Waals surface area contributed by atoms with Crippen molar-refractivity contribution >= 4 is 38.4 Å². The number of anilines is 1. The molecule has 16 heteroatoms. The van der Waals surface area contributed by atoms with Gasteiger partial charge in [0.2, 0.25) is 21.8 Å². The first kappa shape index (κ1) is 32.8. The van der Waals surface area contributed by atoms with Crippen LogP contribution in [0.5, 0.6) is 0 Å². The summed E-state index contributed by atoms with van der Waals surface area (Å²) in [5.41, 5.74) is 17.3. The maximum atomic E-state index is 13.3. The number of sulfonamides is 1. The summed E-state index contributed by atoms with van der Waals surface area (Å²) in [5, 5.41) is 7.08. The van der Waals surface area contributed by atoms with E-state index < -0.39 is 51.4 Å². The molecular weight excluding hydrogens is 577 g/mol. The lowest BCUT2D eigenvalue weighted by Gasteiger charge is -2.24. The van der Waals surface area contributed by atoms with Gasteiger partial charge in [-0.25, -0.2) is 13.4 Å². The minimum atomic E-state index is -4.55. The van der Waals surface area contributed by atoms with Gasteiger partial charge in [-0.15, -0.1) is 4.83 Å².